The van der Waals surface area contributed by atoms with Crippen molar-refractivity contribution in [3.8, 4) is 11.5 Å². The van der Waals surface area contributed by atoms with Crippen molar-refractivity contribution < 1.29 is 9.32 Å². The van der Waals surface area contributed by atoms with Crippen LogP contribution < -0.4 is 5.32 Å². The summed E-state index contributed by atoms with van der Waals surface area (Å²) < 4.78 is 7.18. The molecular formula is C21H20N6O2. The normalized spacial score (nSPS) is 11.6. The Balaban J connectivity index is 1.50. The van der Waals surface area contributed by atoms with Gasteiger partial charge in [-0.05, 0) is 23.8 Å². The molecule has 4 rings (SSSR count). The van der Waals surface area contributed by atoms with Gasteiger partial charge in [0.05, 0.1) is 12.1 Å². The Labute approximate surface area is 167 Å². The van der Waals surface area contributed by atoms with Crippen molar-refractivity contribution in [2.45, 2.75) is 26.3 Å². The number of nitrogens with zero attached hydrogens (tertiary/aromatic N) is 5. The molecule has 0 saturated heterocycles. The van der Waals surface area contributed by atoms with Crippen molar-refractivity contribution in [1.29, 1.82) is 0 Å². The molecule has 0 fully saturated rings. The molecule has 146 valence electrons. The van der Waals surface area contributed by atoms with Gasteiger partial charge in [0.25, 0.3) is 5.89 Å². The van der Waals surface area contributed by atoms with Crippen LogP contribution in [0.1, 0.15) is 37.0 Å². The van der Waals surface area contributed by atoms with Gasteiger partial charge in [-0.3, -0.25) is 9.20 Å². The van der Waals surface area contributed by atoms with Crippen LogP contribution in [0.4, 0.5) is 0 Å². The summed E-state index contributed by atoms with van der Waals surface area (Å²) in [4.78, 5) is 16.5. The van der Waals surface area contributed by atoms with Crippen molar-refractivity contribution in [3.05, 3.63) is 71.9 Å². The first-order valence-electron chi connectivity index (χ1n) is 9.29. The second-order valence-corrected chi connectivity index (χ2v) is 6.81. The topological polar surface area (TPSA) is 98.2 Å². The maximum atomic E-state index is 12.1. The highest BCUT2D eigenvalue weighted by molar-refractivity contribution is 5.91. The molecule has 1 aromatic carbocycles. The van der Waals surface area contributed by atoms with E-state index in [0.29, 0.717) is 28.8 Å². The molecule has 4 aromatic rings. The smallest absolute Gasteiger partial charge is 0.261 e. The molecular weight excluding hydrogens is 368 g/mol. The van der Waals surface area contributed by atoms with E-state index in [0.717, 1.165) is 5.56 Å². The fourth-order valence-electron chi connectivity index (χ4n) is 2.79. The Kier molecular flexibility index (Phi) is 5.15. The van der Waals surface area contributed by atoms with E-state index in [-0.39, 0.29) is 18.4 Å². The minimum Gasteiger partial charge on any atom is -0.345 e. The first-order valence-corrected chi connectivity index (χ1v) is 9.29. The lowest BCUT2D eigenvalue weighted by atomic mass is 10.2. The van der Waals surface area contributed by atoms with Crippen molar-refractivity contribution in [1.82, 2.24) is 30.1 Å². The number of fused-ring (bicyclic) bond motifs is 1. The summed E-state index contributed by atoms with van der Waals surface area (Å²) in [5, 5.41) is 15.3. The van der Waals surface area contributed by atoms with Crippen molar-refractivity contribution in [2.24, 2.45) is 0 Å². The van der Waals surface area contributed by atoms with Gasteiger partial charge in [0.1, 0.15) is 0 Å². The van der Waals surface area contributed by atoms with Gasteiger partial charge in [-0.2, -0.15) is 4.98 Å². The zero-order valence-corrected chi connectivity index (χ0v) is 16.1. The maximum absolute atomic E-state index is 12.1. The molecule has 0 aliphatic heterocycles. The summed E-state index contributed by atoms with van der Waals surface area (Å²) >= 11 is 0. The molecule has 0 spiro atoms. The third kappa shape index (κ3) is 4.06. The molecule has 0 atom stereocenters. The highest BCUT2D eigenvalue weighted by Gasteiger charge is 2.17. The van der Waals surface area contributed by atoms with E-state index < -0.39 is 0 Å². The Bertz CT molecular complexity index is 1160. The molecule has 0 radical (unpaired) electrons. The Morgan fingerprint density at radius 1 is 1.17 bits per heavy atom. The van der Waals surface area contributed by atoms with E-state index in [9.17, 15) is 4.79 Å². The lowest BCUT2D eigenvalue weighted by Crippen LogP contribution is -2.21. The van der Waals surface area contributed by atoms with E-state index >= 15 is 0 Å². The summed E-state index contributed by atoms with van der Waals surface area (Å²) in [7, 11) is 0. The van der Waals surface area contributed by atoms with Crippen LogP contribution >= 0.6 is 0 Å². The number of carbonyl (C=O) groups is 1. The number of hydrogen-bond donors (Lipinski definition) is 1. The predicted molar refractivity (Wildman–Crippen MR) is 108 cm³/mol. The second-order valence-electron chi connectivity index (χ2n) is 6.81. The summed E-state index contributed by atoms with van der Waals surface area (Å²) in [5.74, 6) is 1.60. The predicted octanol–water partition coefficient (Wildman–Crippen LogP) is 3.23. The van der Waals surface area contributed by atoms with Gasteiger partial charge in [-0.15, -0.1) is 10.2 Å². The highest BCUT2D eigenvalue weighted by Crippen LogP contribution is 2.23. The number of amides is 1. The summed E-state index contributed by atoms with van der Waals surface area (Å²) in [6.07, 6.45) is 5.09. The molecule has 0 unspecified atom stereocenters. The number of carbonyl (C=O) groups excluding carboxylic acids is 1. The minimum atomic E-state index is -0.208. The molecule has 8 nitrogen and oxygen atoms in total. The van der Waals surface area contributed by atoms with Gasteiger partial charge >= 0.3 is 0 Å². The number of benzene rings is 1. The first-order chi connectivity index (χ1) is 14.1. The van der Waals surface area contributed by atoms with Gasteiger partial charge in [0.2, 0.25) is 5.91 Å². The number of aromatic nitrogens is 5. The fourth-order valence-corrected chi connectivity index (χ4v) is 2.79. The average Bonchev–Trinajstić information content (AvgIpc) is 3.39. The number of nitrogens with one attached hydrogen (secondary N) is 1. The Hall–Kier alpha value is -3.81. The van der Waals surface area contributed by atoms with E-state index in [4.69, 9.17) is 4.52 Å². The largest absolute Gasteiger partial charge is 0.345 e. The van der Waals surface area contributed by atoms with Gasteiger partial charge in [-0.25, -0.2) is 0 Å². The molecule has 29 heavy (non-hydrogen) atoms. The van der Waals surface area contributed by atoms with Gasteiger partial charge in [0, 0.05) is 18.2 Å². The van der Waals surface area contributed by atoms with Crippen LogP contribution in [0, 0.1) is 0 Å². The van der Waals surface area contributed by atoms with Crippen molar-refractivity contribution in [2.75, 3.05) is 0 Å². The molecule has 0 bridgehead atoms. The second kappa shape index (κ2) is 8.05. The van der Waals surface area contributed by atoms with Crippen LogP contribution in [0.3, 0.4) is 0 Å². The third-order valence-corrected chi connectivity index (χ3v) is 4.34. The van der Waals surface area contributed by atoms with E-state index in [1.807, 2.05) is 62.5 Å². The van der Waals surface area contributed by atoms with E-state index in [1.54, 1.807) is 10.5 Å². The number of pyridine rings is 1. The molecule has 3 aromatic heterocycles. The first kappa shape index (κ1) is 18.5. The van der Waals surface area contributed by atoms with Crippen LogP contribution in [0.2, 0.25) is 0 Å². The quantitative estimate of drug-likeness (QED) is 0.509. The molecule has 8 heteroatoms. The molecule has 0 aliphatic carbocycles. The van der Waals surface area contributed by atoms with Crippen LogP contribution in [-0.4, -0.2) is 30.6 Å². The minimum absolute atomic E-state index is 0.166. The SMILES string of the molecule is CC(C)c1noc(-c2cccn3c(CNC(=O)C=Cc4ccccc4)nnc23)n1. The maximum Gasteiger partial charge on any atom is 0.261 e. The Morgan fingerprint density at radius 3 is 2.76 bits per heavy atom. The van der Waals surface area contributed by atoms with Crippen LogP contribution in [0.5, 0.6) is 0 Å². The molecule has 1 N–H and O–H groups in total. The van der Waals surface area contributed by atoms with Gasteiger partial charge in [0.15, 0.2) is 17.3 Å². The number of rotatable bonds is 6. The molecule has 3 heterocycles. The van der Waals surface area contributed by atoms with E-state index in [2.05, 4.69) is 25.7 Å². The van der Waals surface area contributed by atoms with Gasteiger partial charge in [-0.1, -0.05) is 49.3 Å². The molecule has 1 amide bonds. The average molecular weight is 388 g/mol. The Morgan fingerprint density at radius 2 is 2.00 bits per heavy atom. The standard InChI is InChI=1S/C21H20N6O2/c1-14(2)19-23-21(29-26-19)16-9-6-12-27-17(24-25-20(16)27)13-22-18(28)11-10-15-7-4-3-5-8-15/h3-12,14H,13H2,1-2H3,(H,22,28). The van der Waals surface area contributed by atoms with Crippen molar-refractivity contribution >= 4 is 17.6 Å². The lowest BCUT2D eigenvalue weighted by molar-refractivity contribution is -0.116. The number of hydrogen-bond acceptors (Lipinski definition) is 6. The third-order valence-electron chi connectivity index (χ3n) is 4.34. The molecule has 0 saturated carbocycles. The summed E-state index contributed by atoms with van der Waals surface area (Å²) in [6.45, 7) is 4.24. The lowest BCUT2D eigenvalue weighted by Gasteiger charge is -2.02. The highest BCUT2D eigenvalue weighted by atomic mass is 16.5. The zero-order valence-electron chi connectivity index (χ0n) is 16.1. The van der Waals surface area contributed by atoms with Crippen LogP contribution in [0.15, 0.2) is 59.3 Å². The zero-order chi connectivity index (χ0) is 20.2. The van der Waals surface area contributed by atoms with Crippen molar-refractivity contribution in [3.63, 3.8) is 0 Å². The van der Waals surface area contributed by atoms with Crippen LogP contribution in [0.25, 0.3) is 23.2 Å². The fraction of sp³-hybridized carbons (Fsp3) is 0.190. The van der Waals surface area contributed by atoms with E-state index in [1.165, 1.54) is 6.08 Å². The molecule has 0 aliphatic rings. The summed E-state index contributed by atoms with van der Waals surface area (Å²) in [6, 6.07) is 13.3. The summed E-state index contributed by atoms with van der Waals surface area (Å²) in [5.41, 5.74) is 2.25. The monoisotopic (exact) mass is 388 g/mol. The van der Waals surface area contributed by atoms with Crippen LogP contribution in [-0.2, 0) is 11.3 Å². The van der Waals surface area contributed by atoms with Gasteiger partial charge < -0.3 is 9.84 Å².